The van der Waals surface area contributed by atoms with Crippen molar-refractivity contribution >= 4 is 22.8 Å². The lowest BCUT2D eigenvalue weighted by Gasteiger charge is -2.32. The van der Waals surface area contributed by atoms with E-state index in [1.165, 1.54) is 0 Å². The van der Waals surface area contributed by atoms with Crippen LogP contribution >= 0.6 is 0 Å². The Labute approximate surface area is 184 Å². The largest absolute Gasteiger partial charge is 0.541 e. The van der Waals surface area contributed by atoms with Gasteiger partial charge in [0.25, 0.3) is 0 Å². The van der Waals surface area contributed by atoms with E-state index >= 15 is 0 Å². The van der Waals surface area contributed by atoms with Crippen LogP contribution in [-0.4, -0.2) is 64.4 Å². The van der Waals surface area contributed by atoms with Crippen LogP contribution in [-0.2, 0) is 33.0 Å². The van der Waals surface area contributed by atoms with Crippen molar-refractivity contribution in [3.8, 4) is 5.75 Å². The molecule has 0 aliphatic carbocycles. The number of hydrogen-bond acceptors (Lipinski definition) is 7. The van der Waals surface area contributed by atoms with Crippen molar-refractivity contribution in [3.05, 3.63) is 23.8 Å². The van der Waals surface area contributed by atoms with Gasteiger partial charge in [0, 0.05) is 45.7 Å². The molecule has 0 N–H and O–H groups in total. The maximum absolute atomic E-state index is 6.19. The fraction of sp³-hybridized carbons (Fsp3) is 0.714. The van der Waals surface area contributed by atoms with Gasteiger partial charge in [-0.1, -0.05) is 12.1 Å². The Kier molecular flexibility index (Phi) is 13.0. The van der Waals surface area contributed by atoms with Gasteiger partial charge in [0.05, 0.1) is 12.3 Å². The van der Waals surface area contributed by atoms with Crippen LogP contribution in [0, 0.1) is 0 Å². The molecular weight excluding hydrogens is 420 g/mol. The first-order valence-corrected chi connectivity index (χ1v) is 14.7. The van der Waals surface area contributed by atoms with E-state index in [0.717, 1.165) is 10.8 Å². The molecule has 9 heteroatoms. The number of aryl methyl sites for hydroxylation is 1. The minimum atomic E-state index is -3.17. The Balaban J connectivity index is 3.42. The van der Waals surface area contributed by atoms with Gasteiger partial charge < -0.3 is 31.3 Å². The van der Waals surface area contributed by atoms with Crippen LogP contribution in [0.2, 0.25) is 6.04 Å². The van der Waals surface area contributed by atoms with Crippen LogP contribution in [0.3, 0.4) is 0 Å². The summed E-state index contributed by atoms with van der Waals surface area (Å²) in [5.74, 6) is 0.714. The molecule has 1 rings (SSSR count). The summed E-state index contributed by atoms with van der Waals surface area (Å²) < 4.78 is 42.4. The number of ether oxygens (including phenoxy) is 1. The molecule has 0 atom stereocenters. The number of hydrogen-bond donors (Lipinski definition) is 0. The molecule has 0 aromatic heterocycles. The van der Waals surface area contributed by atoms with Crippen molar-refractivity contribution in [2.24, 2.45) is 0 Å². The minimum absolute atomic E-state index is 0.485. The quantitative estimate of drug-likeness (QED) is 0.329. The van der Waals surface area contributed by atoms with E-state index in [0.29, 0.717) is 57.9 Å². The number of methoxy groups -OCH3 is 1. The molecule has 0 aliphatic rings. The summed E-state index contributed by atoms with van der Waals surface area (Å²) in [6, 6.07) is 6.62. The zero-order valence-electron chi connectivity index (χ0n) is 19.7. The average molecular weight is 461 g/mol. The van der Waals surface area contributed by atoms with Crippen LogP contribution in [0.25, 0.3) is 0 Å². The average Bonchev–Trinajstić information content (AvgIpc) is 2.73. The van der Waals surface area contributed by atoms with E-state index in [-0.39, 0.29) is 0 Å². The predicted octanol–water partition coefficient (Wildman–Crippen LogP) is 3.54. The van der Waals surface area contributed by atoms with Gasteiger partial charge in [-0.25, -0.2) is 0 Å². The maximum atomic E-state index is 6.19. The lowest BCUT2D eigenvalue weighted by Crippen LogP contribution is -2.58. The Bertz CT molecular complexity index is 567. The summed E-state index contributed by atoms with van der Waals surface area (Å²) in [6.07, 6.45) is 0.681. The van der Waals surface area contributed by atoms with Gasteiger partial charge in [-0.15, -0.1) is 0 Å². The van der Waals surface area contributed by atoms with Crippen molar-refractivity contribution in [3.63, 3.8) is 0 Å². The Morgan fingerprint density at radius 1 is 0.667 bits per heavy atom. The van der Waals surface area contributed by atoms with Crippen molar-refractivity contribution in [2.75, 3.05) is 46.8 Å². The van der Waals surface area contributed by atoms with Crippen molar-refractivity contribution in [2.45, 2.75) is 54.0 Å². The van der Waals surface area contributed by atoms with Crippen molar-refractivity contribution in [1.82, 2.24) is 0 Å². The summed E-state index contributed by atoms with van der Waals surface area (Å²) in [6.45, 7) is 14.9. The second-order valence-electron chi connectivity index (χ2n) is 6.33. The van der Waals surface area contributed by atoms with Crippen LogP contribution in [0.1, 0.15) is 47.1 Å². The number of rotatable bonds is 17. The molecule has 174 valence electrons. The van der Waals surface area contributed by atoms with E-state index in [9.17, 15) is 0 Å². The third-order valence-corrected chi connectivity index (χ3v) is 10.7. The first kappa shape index (κ1) is 27.2. The fourth-order valence-electron chi connectivity index (χ4n) is 3.50. The highest BCUT2D eigenvalue weighted by Gasteiger charge is 2.48. The monoisotopic (exact) mass is 460 g/mol. The first-order chi connectivity index (χ1) is 14.5. The summed E-state index contributed by atoms with van der Waals surface area (Å²) >= 11 is 0. The molecule has 0 amide bonds. The summed E-state index contributed by atoms with van der Waals surface area (Å²) in [5, 5.41) is 0.880. The number of benzene rings is 1. The predicted molar refractivity (Wildman–Crippen MR) is 122 cm³/mol. The SMILES string of the molecule is CCO[Si](CCc1cccc(OC)c1[Si](OCC)(OCC)OCC)(OCC)OCC. The summed E-state index contributed by atoms with van der Waals surface area (Å²) in [7, 11) is -4.30. The normalized spacial score (nSPS) is 12.4. The molecule has 0 bridgehead atoms. The zero-order valence-corrected chi connectivity index (χ0v) is 21.7. The molecule has 0 aliphatic heterocycles. The standard InChI is InChI=1S/C21H40O7Si2/c1-8-23-29(24-9-2,25-10-3)18-17-19-15-14-16-20(22-7)21(19)30(26-11-4,27-12-5)28-13-6/h14-16H,8-13,17-18H2,1-7H3. The first-order valence-electron chi connectivity index (χ1n) is 11.0. The van der Waals surface area contributed by atoms with E-state index in [2.05, 4.69) is 6.07 Å². The van der Waals surface area contributed by atoms with Gasteiger partial charge in [-0.05, 0) is 59.6 Å². The highest BCUT2D eigenvalue weighted by atomic mass is 28.4. The van der Waals surface area contributed by atoms with Gasteiger partial charge in [0.15, 0.2) is 0 Å². The second-order valence-corrected chi connectivity index (χ2v) is 11.5. The van der Waals surface area contributed by atoms with E-state index < -0.39 is 17.6 Å². The molecule has 0 spiro atoms. The van der Waals surface area contributed by atoms with Crippen LogP contribution in [0.4, 0.5) is 0 Å². The van der Waals surface area contributed by atoms with Crippen LogP contribution in [0.5, 0.6) is 5.75 Å². The smallest absolute Gasteiger partial charge is 0.497 e. The highest BCUT2D eigenvalue weighted by Crippen LogP contribution is 2.25. The third kappa shape index (κ3) is 7.13. The molecule has 0 saturated heterocycles. The fourth-order valence-corrected chi connectivity index (χ4v) is 8.99. The summed E-state index contributed by atoms with van der Waals surface area (Å²) in [4.78, 5) is 0. The van der Waals surface area contributed by atoms with E-state index in [1.54, 1.807) is 7.11 Å². The topological polar surface area (TPSA) is 64.6 Å². The van der Waals surface area contributed by atoms with Gasteiger partial charge in [0.2, 0.25) is 0 Å². The second kappa shape index (κ2) is 14.3. The summed E-state index contributed by atoms with van der Waals surface area (Å²) in [5.41, 5.74) is 1.05. The zero-order chi connectivity index (χ0) is 22.5. The Morgan fingerprint density at radius 2 is 1.13 bits per heavy atom. The van der Waals surface area contributed by atoms with E-state index in [1.807, 2.05) is 53.7 Å². The highest BCUT2D eigenvalue weighted by molar-refractivity contribution is 6.76. The molecule has 0 unspecified atom stereocenters. The van der Waals surface area contributed by atoms with Crippen molar-refractivity contribution < 1.29 is 31.3 Å². The molecule has 0 saturated carbocycles. The lowest BCUT2D eigenvalue weighted by atomic mass is 10.1. The molecule has 0 fully saturated rings. The molecular formula is C21H40O7Si2. The van der Waals surface area contributed by atoms with Gasteiger partial charge in [-0.2, -0.15) is 0 Å². The molecule has 7 nitrogen and oxygen atoms in total. The van der Waals surface area contributed by atoms with Crippen molar-refractivity contribution in [1.29, 1.82) is 0 Å². The molecule has 30 heavy (non-hydrogen) atoms. The van der Waals surface area contributed by atoms with Gasteiger partial charge >= 0.3 is 17.6 Å². The van der Waals surface area contributed by atoms with Crippen LogP contribution in [0.15, 0.2) is 18.2 Å². The van der Waals surface area contributed by atoms with Gasteiger partial charge in [-0.3, -0.25) is 0 Å². The van der Waals surface area contributed by atoms with Gasteiger partial charge in [0.1, 0.15) is 5.75 Å². The Morgan fingerprint density at radius 3 is 1.53 bits per heavy atom. The van der Waals surface area contributed by atoms with Crippen LogP contribution < -0.4 is 9.92 Å². The lowest BCUT2D eigenvalue weighted by molar-refractivity contribution is 0.0711. The Hall–Kier alpha value is -0.786. The minimum Gasteiger partial charge on any atom is -0.497 e. The molecule has 0 heterocycles. The van der Waals surface area contributed by atoms with E-state index in [4.69, 9.17) is 31.3 Å². The molecule has 1 aromatic rings. The maximum Gasteiger partial charge on any atom is 0.541 e. The molecule has 0 radical (unpaired) electrons. The molecule has 1 aromatic carbocycles. The third-order valence-electron chi connectivity index (χ3n) is 4.43.